The zero-order valence-corrected chi connectivity index (χ0v) is 19.3. The number of amides is 1. The summed E-state index contributed by atoms with van der Waals surface area (Å²) in [4.78, 5) is 16.5. The van der Waals surface area contributed by atoms with Crippen LogP contribution in [0.2, 0.25) is 0 Å². The summed E-state index contributed by atoms with van der Waals surface area (Å²) < 4.78 is 14.7. The molecule has 1 aliphatic heterocycles. The van der Waals surface area contributed by atoms with Crippen LogP contribution >= 0.6 is 0 Å². The zero-order valence-electron chi connectivity index (χ0n) is 19.3. The van der Waals surface area contributed by atoms with Gasteiger partial charge in [0.1, 0.15) is 5.82 Å². The van der Waals surface area contributed by atoms with Crippen molar-refractivity contribution >= 4 is 34.7 Å². The monoisotopic (exact) mass is 459 g/mol. The molecule has 0 unspecified atom stereocenters. The fourth-order valence-corrected chi connectivity index (χ4v) is 3.83. The van der Waals surface area contributed by atoms with Gasteiger partial charge in [0.2, 0.25) is 5.91 Å². The van der Waals surface area contributed by atoms with Gasteiger partial charge in [-0.3, -0.25) is 4.79 Å². The van der Waals surface area contributed by atoms with Gasteiger partial charge in [-0.05, 0) is 54.6 Å². The molecule has 4 rings (SSSR count). The largest absolute Gasteiger partial charge is 0.397 e. The van der Waals surface area contributed by atoms with Crippen LogP contribution in [0, 0.1) is 5.82 Å². The van der Waals surface area contributed by atoms with Gasteiger partial charge < -0.3 is 26.2 Å². The predicted octanol–water partition coefficient (Wildman–Crippen LogP) is 4.42. The Bertz CT molecular complexity index is 1150. The molecule has 0 aliphatic carbocycles. The smallest absolute Gasteiger partial charge is 0.248 e. The molecule has 6 nitrogen and oxygen atoms in total. The molecule has 1 heterocycles. The van der Waals surface area contributed by atoms with Gasteiger partial charge in [0.05, 0.1) is 17.1 Å². The number of rotatable bonds is 7. The molecule has 1 aliphatic rings. The quantitative estimate of drug-likeness (QED) is 0.360. The lowest BCUT2D eigenvalue weighted by Gasteiger charge is -2.34. The lowest BCUT2D eigenvalue weighted by atomic mass is 10.1. The fourth-order valence-electron chi connectivity index (χ4n) is 3.83. The third-order valence-electron chi connectivity index (χ3n) is 5.91. The van der Waals surface area contributed by atoms with Crippen LogP contribution < -0.4 is 21.3 Å². The van der Waals surface area contributed by atoms with Crippen LogP contribution in [-0.4, -0.2) is 44.0 Å². The van der Waals surface area contributed by atoms with Crippen LogP contribution in [0.1, 0.15) is 11.1 Å². The molecule has 0 spiro atoms. The molecule has 0 radical (unpaired) electrons. The molecular formula is C27H30FN5O. The van der Waals surface area contributed by atoms with Crippen molar-refractivity contribution in [2.24, 2.45) is 0 Å². The van der Waals surface area contributed by atoms with Crippen LogP contribution in [0.5, 0.6) is 0 Å². The topological polar surface area (TPSA) is 73.6 Å². The van der Waals surface area contributed by atoms with Crippen molar-refractivity contribution in [1.29, 1.82) is 0 Å². The van der Waals surface area contributed by atoms with Gasteiger partial charge in [-0.25, -0.2) is 4.39 Å². The molecule has 7 heteroatoms. The van der Waals surface area contributed by atoms with Gasteiger partial charge in [0, 0.05) is 44.5 Å². The first-order valence-electron chi connectivity index (χ1n) is 11.4. The Morgan fingerprint density at radius 3 is 2.47 bits per heavy atom. The number of nitrogens with zero attached hydrogens (tertiary/aromatic N) is 2. The van der Waals surface area contributed by atoms with E-state index in [-0.39, 0.29) is 11.7 Å². The minimum atomic E-state index is -0.245. The van der Waals surface area contributed by atoms with Crippen molar-refractivity contribution in [2.45, 2.75) is 6.54 Å². The molecule has 4 N–H and O–H groups in total. The van der Waals surface area contributed by atoms with Crippen molar-refractivity contribution in [3.8, 4) is 0 Å². The number of carbonyl (C=O) groups is 1. The lowest BCUT2D eigenvalue weighted by Crippen LogP contribution is -2.44. The second-order valence-corrected chi connectivity index (χ2v) is 8.46. The van der Waals surface area contributed by atoms with E-state index in [1.54, 1.807) is 24.3 Å². The third-order valence-corrected chi connectivity index (χ3v) is 5.91. The number of hydrogen-bond acceptors (Lipinski definition) is 5. The van der Waals surface area contributed by atoms with E-state index in [0.717, 1.165) is 43.0 Å². The Kier molecular flexibility index (Phi) is 7.44. The van der Waals surface area contributed by atoms with E-state index in [0.29, 0.717) is 23.6 Å². The van der Waals surface area contributed by atoms with Gasteiger partial charge in [-0.2, -0.15) is 0 Å². The average molecular weight is 460 g/mol. The first-order valence-corrected chi connectivity index (χ1v) is 11.4. The van der Waals surface area contributed by atoms with Crippen LogP contribution in [0.3, 0.4) is 0 Å². The molecule has 0 aromatic heterocycles. The maximum atomic E-state index is 14.7. The Labute approximate surface area is 199 Å². The molecular weight excluding hydrogens is 429 g/mol. The second-order valence-electron chi connectivity index (χ2n) is 8.46. The van der Waals surface area contributed by atoms with E-state index < -0.39 is 0 Å². The number of nitrogens with one attached hydrogen (secondary N) is 2. The number of benzene rings is 3. The van der Waals surface area contributed by atoms with E-state index in [1.165, 1.54) is 6.08 Å². The van der Waals surface area contributed by atoms with Gasteiger partial charge in [-0.1, -0.05) is 36.4 Å². The summed E-state index contributed by atoms with van der Waals surface area (Å²) >= 11 is 0. The van der Waals surface area contributed by atoms with E-state index in [4.69, 9.17) is 5.73 Å². The van der Waals surface area contributed by atoms with Crippen LogP contribution in [0.15, 0.2) is 72.8 Å². The van der Waals surface area contributed by atoms with Gasteiger partial charge >= 0.3 is 0 Å². The zero-order chi connectivity index (χ0) is 23.9. The number of hydrogen-bond donors (Lipinski definition) is 3. The van der Waals surface area contributed by atoms with Crippen molar-refractivity contribution < 1.29 is 9.18 Å². The number of halogens is 1. The Morgan fingerprint density at radius 1 is 1.03 bits per heavy atom. The highest BCUT2D eigenvalue weighted by Gasteiger charge is 2.17. The second kappa shape index (κ2) is 10.9. The summed E-state index contributed by atoms with van der Waals surface area (Å²) in [5.41, 5.74) is 10.3. The maximum Gasteiger partial charge on any atom is 0.248 e. The van der Waals surface area contributed by atoms with Gasteiger partial charge in [0.15, 0.2) is 0 Å². The van der Waals surface area contributed by atoms with Crippen LogP contribution in [0.25, 0.3) is 6.08 Å². The van der Waals surface area contributed by atoms with E-state index in [9.17, 15) is 9.18 Å². The molecule has 0 saturated carbocycles. The van der Waals surface area contributed by atoms with Crippen molar-refractivity contribution in [2.75, 3.05) is 54.5 Å². The highest BCUT2D eigenvalue weighted by Crippen LogP contribution is 2.24. The number of carbonyl (C=O) groups excluding carboxylic acids is 1. The number of likely N-dealkylation sites (N-methyl/N-ethyl adjacent to an activating group) is 1. The number of nitrogens with two attached hydrogens (primary N) is 1. The van der Waals surface area contributed by atoms with E-state index in [2.05, 4.69) is 27.5 Å². The van der Waals surface area contributed by atoms with Gasteiger partial charge in [0.25, 0.3) is 0 Å². The molecule has 34 heavy (non-hydrogen) atoms. The molecule has 3 aromatic rings. The number of anilines is 4. The first-order chi connectivity index (χ1) is 16.5. The average Bonchev–Trinajstić information content (AvgIpc) is 2.84. The molecule has 176 valence electrons. The molecule has 3 aromatic carbocycles. The van der Waals surface area contributed by atoms with E-state index in [1.807, 2.05) is 48.5 Å². The Balaban J connectivity index is 1.29. The van der Waals surface area contributed by atoms with Crippen LogP contribution in [0.4, 0.5) is 27.1 Å². The van der Waals surface area contributed by atoms with E-state index >= 15 is 0 Å². The highest BCUT2D eigenvalue weighted by molar-refractivity contribution is 6.03. The van der Waals surface area contributed by atoms with Crippen LogP contribution in [-0.2, 0) is 11.3 Å². The summed E-state index contributed by atoms with van der Waals surface area (Å²) in [6.07, 6.45) is 3.22. The fraction of sp³-hybridized carbons (Fsp3) is 0.222. The summed E-state index contributed by atoms with van der Waals surface area (Å²) in [5, 5.41) is 6.05. The maximum absolute atomic E-state index is 14.7. The van der Waals surface area contributed by atoms with Crippen molar-refractivity contribution in [3.05, 3.63) is 89.8 Å². The Hall–Kier alpha value is -3.84. The molecule has 1 amide bonds. The molecule has 1 saturated heterocycles. The number of nitrogen functional groups attached to an aromatic ring is 1. The minimum Gasteiger partial charge on any atom is -0.397 e. The predicted molar refractivity (Wildman–Crippen MR) is 138 cm³/mol. The summed E-state index contributed by atoms with van der Waals surface area (Å²) in [7, 11) is 2.09. The first kappa shape index (κ1) is 23.3. The summed E-state index contributed by atoms with van der Waals surface area (Å²) in [6, 6.07) is 20.3. The summed E-state index contributed by atoms with van der Waals surface area (Å²) in [6.45, 7) is 4.13. The third kappa shape index (κ3) is 6.14. The number of para-hydroxylation sites is 2. The minimum absolute atomic E-state index is 0.203. The standard InChI is InChI=1S/C27H30FN5O/c1-32-14-16-33(17-15-32)26-12-11-22(18-23(26)28)30-19-21-8-6-20(7-9-21)10-13-27(34)31-25-5-3-2-4-24(25)29/h2-13,18,30H,14-17,19,29H2,1H3,(H,31,34). The normalized spacial score (nSPS) is 14.4. The van der Waals surface area contributed by atoms with Gasteiger partial charge in [-0.15, -0.1) is 0 Å². The highest BCUT2D eigenvalue weighted by atomic mass is 19.1. The molecule has 0 atom stereocenters. The lowest BCUT2D eigenvalue weighted by molar-refractivity contribution is -0.111. The Morgan fingerprint density at radius 2 is 1.76 bits per heavy atom. The van der Waals surface area contributed by atoms with Crippen molar-refractivity contribution in [1.82, 2.24) is 4.90 Å². The van der Waals surface area contributed by atoms with Crippen molar-refractivity contribution in [3.63, 3.8) is 0 Å². The number of piperazine rings is 1. The summed E-state index contributed by atoms with van der Waals surface area (Å²) in [5.74, 6) is -0.448. The SMILES string of the molecule is CN1CCN(c2ccc(NCc3ccc(C=CC(=O)Nc4ccccc4N)cc3)cc2F)CC1. The molecule has 1 fully saturated rings. The molecule has 0 bridgehead atoms.